The van der Waals surface area contributed by atoms with E-state index < -0.39 is 0 Å². The Kier molecular flexibility index (Phi) is 17.4. The first kappa shape index (κ1) is 37.2. The predicted molar refractivity (Wildman–Crippen MR) is 182 cm³/mol. The lowest BCUT2D eigenvalue weighted by Gasteiger charge is -2.33. The highest BCUT2D eigenvalue weighted by atomic mass is 35.5. The summed E-state index contributed by atoms with van der Waals surface area (Å²) >= 11 is 12.9. The van der Waals surface area contributed by atoms with Gasteiger partial charge in [0.1, 0.15) is 5.71 Å². The van der Waals surface area contributed by atoms with Gasteiger partial charge in [-0.2, -0.15) is 5.10 Å². The highest BCUT2D eigenvalue weighted by Gasteiger charge is 2.27. The molecule has 0 aromatic heterocycles. The number of aliphatic imine (C=N–C) groups is 1. The number of rotatable bonds is 21. The maximum Gasteiger partial charge on any atom is 0.314 e. The second kappa shape index (κ2) is 21.5. The van der Waals surface area contributed by atoms with Gasteiger partial charge in [-0.1, -0.05) is 41.4 Å². The van der Waals surface area contributed by atoms with Gasteiger partial charge in [0.2, 0.25) is 6.41 Å². The maximum absolute atomic E-state index is 11.7. The van der Waals surface area contributed by atoms with Crippen LogP contribution in [0.25, 0.3) is 0 Å². The lowest BCUT2D eigenvalue weighted by Crippen LogP contribution is -2.38. The Labute approximate surface area is 281 Å². The van der Waals surface area contributed by atoms with E-state index in [1.54, 1.807) is 12.3 Å². The summed E-state index contributed by atoms with van der Waals surface area (Å²) in [5.41, 5.74) is 4.82. The van der Waals surface area contributed by atoms with Crippen LogP contribution in [0, 0.1) is 0 Å². The molecule has 2 aromatic carbocycles. The van der Waals surface area contributed by atoms with Gasteiger partial charge in [0.15, 0.2) is 0 Å². The van der Waals surface area contributed by atoms with Gasteiger partial charge in [-0.15, -0.1) is 0 Å². The first-order valence-electron chi connectivity index (χ1n) is 15.4. The fourth-order valence-electron chi connectivity index (χ4n) is 4.95. The largest absolute Gasteiger partial charge is 0.377 e. The van der Waals surface area contributed by atoms with E-state index in [9.17, 15) is 9.59 Å². The van der Waals surface area contributed by atoms with E-state index in [2.05, 4.69) is 50.1 Å². The molecule has 12 nitrogen and oxygen atoms in total. The number of ether oxygens (including phenoxy) is 3. The van der Waals surface area contributed by atoms with Crippen molar-refractivity contribution in [1.29, 1.82) is 0 Å². The first-order chi connectivity index (χ1) is 22.4. The summed E-state index contributed by atoms with van der Waals surface area (Å²) in [5.74, 6) is 5.84. The number of likely N-dealkylation sites (N-methyl/N-ethyl adjacent to an activating group) is 1. The summed E-state index contributed by atoms with van der Waals surface area (Å²) in [6.07, 6.45) is 3.94. The molecule has 3 amide bonds. The average Bonchev–Trinajstić information content (AvgIpc) is 3.04. The fraction of sp³-hybridized carbons (Fsp3) is 0.500. The van der Waals surface area contributed by atoms with Crippen molar-refractivity contribution >= 4 is 47.6 Å². The summed E-state index contributed by atoms with van der Waals surface area (Å²) < 4.78 is 16.6. The number of nitrogens with two attached hydrogens (primary N) is 1. The molecule has 2 aromatic rings. The predicted octanol–water partition coefficient (Wildman–Crippen LogP) is 3.18. The zero-order chi connectivity index (χ0) is 33.0. The van der Waals surface area contributed by atoms with Crippen molar-refractivity contribution in [2.75, 3.05) is 79.4 Å². The average molecular weight is 679 g/mol. The quantitative estimate of drug-likeness (QED) is 0.0521. The number of hydrogen-bond acceptors (Lipinski definition) is 9. The Morgan fingerprint density at radius 2 is 1.72 bits per heavy atom. The van der Waals surface area contributed by atoms with Gasteiger partial charge in [-0.25, -0.2) is 4.79 Å². The number of hydrogen-bond donors (Lipinski definition) is 4. The summed E-state index contributed by atoms with van der Waals surface area (Å²) in [6, 6.07) is 11.7. The zero-order valence-electron chi connectivity index (χ0n) is 26.3. The van der Waals surface area contributed by atoms with E-state index in [-0.39, 0.29) is 11.9 Å². The normalized spacial score (nSPS) is 15.1. The number of urea groups is 1. The lowest BCUT2D eigenvalue weighted by atomic mass is 9.84. The Balaban J connectivity index is 1.27. The minimum absolute atomic E-state index is 0.110. The standard InChI is InChI=1S/C32H45Cl2N7O5/c1-41-21-28(27-18-26(33)19-30(34)29(27)22-41)24-5-4-6-25(17-24)31(40-35)20-36-9-11-44-13-15-46-16-14-45-12-10-39-32(43)38-8-3-2-7-37-23-42/h4-6,17-20,23,28H,2-3,7-16,21-22,35H2,1H3,(H,37,42)(H2,38,39,43)/t28-/m0/s1. The molecule has 0 radical (unpaired) electrons. The molecule has 0 spiro atoms. The van der Waals surface area contributed by atoms with Crippen LogP contribution < -0.4 is 21.8 Å². The molecule has 0 saturated carbocycles. The molecule has 0 aliphatic carbocycles. The molecule has 46 heavy (non-hydrogen) atoms. The number of benzene rings is 2. The molecule has 0 bridgehead atoms. The number of carbonyl (C=O) groups is 2. The highest BCUT2D eigenvalue weighted by molar-refractivity contribution is 6.38. The van der Waals surface area contributed by atoms with E-state index in [4.69, 9.17) is 43.3 Å². The van der Waals surface area contributed by atoms with Crippen molar-refractivity contribution in [3.05, 3.63) is 68.7 Å². The van der Waals surface area contributed by atoms with E-state index in [0.717, 1.165) is 48.2 Å². The maximum atomic E-state index is 11.7. The van der Waals surface area contributed by atoms with Crippen LogP contribution in [0.4, 0.5) is 4.79 Å². The summed E-state index contributed by atoms with van der Waals surface area (Å²) in [5, 5.41) is 13.3. The van der Waals surface area contributed by atoms with Gasteiger partial charge in [-0.05, 0) is 54.8 Å². The van der Waals surface area contributed by atoms with Crippen LogP contribution in [0.5, 0.6) is 0 Å². The van der Waals surface area contributed by atoms with Crippen molar-refractivity contribution in [3.63, 3.8) is 0 Å². The molecule has 1 aliphatic heterocycles. The molecular formula is C32H45Cl2N7O5. The van der Waals surface area contributed by atoms with Crippen LogP contribution >= 0.6 is 23.2 Å². The molecule has 0 fully saturated rings. The zero-order valence-corrected chi connectivity index (χ0v) is 27.8. The van der Waals surface area contributed by atoms with E-state index in [1.807, 2.05) is 18.2 Å². The molecule has 5 N–H and O–H groups in total. The van der Waals surface area contributed by atoms with Crippen LogP contribution in [0.15, 0.2) is 46.5 Å². The SMILES string of the molecule is CN1Cc2c(Cl)cc(Cl)cc2[C@H](c2cccc(C(C=NCCOCCOCCOCCNC(=O)NCCCCNC=O)=NN)c2)C1. The third-order valence-corrected chi connectivity index (χ3v) is 7.74. The Morgan fingerprint density at radius 3 is 2.48 bits per heavy atom. The molecule has 252 valence electrons. The minimum Gasteiger partial charge on any atom is -0.377 e. The van der Waals surface area contributed by atoms with Crippen molar-refractivity contribution < 1.29 is 23.8 Å². The molecule has 1 aliphatic rings. The first-order valence-corrected chi connectivity index (χ1v) is 16.1. The van der Waals surface area contributed by atoms with Gasteiger partial charge in [0.05, 0.1) is 46.2 Å². The molecule has 1 heterocycles. The molecule has 14 heteroatoms. The number of nitrogens with zero attached hydrogens (tertiary/aromatic N) is 3. The lowest BCUT2D eigenvalue weighted by molar-refractivity contribution is -0.109. The van der Waals surface area contributed by atoms with E-state index in [1.165, 1.54) is 0 Å². The van der Waals surface area contributed by atoms with Crippen LogP contribution in [-0.4, -0.2) is 109 Å². The monoisotopic (exact) mass is 677 g/mol. The number of fused-ring (bicyclic) bond motifs is 1. The fourth-order valence-corrected chi connectivity index (χ4v) is 5.52. The Morgan fingerprint density at radius 1 is 1.00 bits per heavy atom. The third-order valence-electron chi connectivity index (χ3n) is 7.19. The summed E-state index contributed by atoms with van der Waals surface area (Å²) in [7, 11) is 2.08. The molecule has 0 saturated heterocycles. The van der Waals surface area contributed by atoms with Crippen molar-refractivity contribution in [2.45, 2.75) is 25.3 Å². The number of hydrazone groups is 1. The van der Waals surface area contributed by atoms with Crippen LogP contribution in [0.2, 0.25) is 10.0 Å². The van der Waals surface area contributed by atoms with E-state index >= 15 is 0 Å². The molecule has 0 unspecified atom stereocenters. The highest BCUT2D eigenvalue weighted by Crippen LogP contribution is 2.38. The van der Waals surface area contributed by atoms with Crippen LogP contribution in [0.3, 0.4) is 0 Å². The van der Waals surface area contributed by atoms with Gasteiger partial charge in [-0.3, -0.25) is 9.79 Å². The van der Waals surface area contributed by atoms with Crippen LogP contribution in [-0.2, 0) is 25.5 Å². The van der Waals surface area contributed by atoms with Crippen molar-refractivity contribution in [2.24, 2.45) is 15.9 Å². The van der Waals surface area contributed by atoms with Gasteiger partial charge < -0.3 is 40.9 Å². The van der Waals surface area contributed by atoms with E-state index in [0.29, 0.717) is 88.0 Å². The molecule has 1 atom stereocenters. The summed E-state index contributed by atoms with van der Waals surface area (Å²) in [6.45, 7) is 6.19. The number of halogens is 2. The van der Waals surface area contributed by atoms with Gasteiger partial charge in [0.25, 0.3) is 0 Å². The second-order valence-electron chi connectivity index (χ2n) is 10.7. The summed E-state index contributed by atoms with van der Waals surface area (Å²) in [4.78, 5) is 28.5. The van der Waals surface area contributed by atoms with Crippen LogP contribution in [0.1, 0.15) is 41.0 Å². The van der Waals surface area contributed by atoms with Gasteiger partial charge >= 0.3 is 6.03 Å². The second-order valence-corrected chi connectivity index (χ2v) is 11.5. The Hall–Kier alpha value is -3.26. The van der Waals surface area contributed by atoms with Gasteiger partial charge in [0, 0.05) is 60.5 Å². The Bertz CT molecular complexity index is 1300. The molecular weight excluding hydrogens is 633 g/mol. The number of nitrogens with one attached hydrogen (secondary N) is 3. The third kappa shape index (κ3) is 13.2. The smallest absolute Gasteiger partial charge is 0.314 e. The minimum atomic E-state index is -0.239. The molecule has 3 rings (SSSR count). The number of amides is 3. The number of carbonyl (C=O) groups excluding carboxylic acids is 2. The number of unbranched alkanes of at least 4 members (excludes halogenated alkanes) is 1. The van der Waals surface area contributed by atoms with Crippen molar-refractivity contribution in [1.82, 2.24) is 20.9 Å². The van der Waals surface area contributed by atoms with Crippen molar-refractivity contribution in [3.8, 4) is 0 Å². The topological polar surface area (TPSA) is 152 Å².